The van der Waals surface area contributed by atoms with Crippen LogP contribution in [0.25, 0.3) is 11.0 Å². The smallest absolute Gasteiger partial charge is 0.223 e. The number of rotatable bonds is 3. The van der Waals surface area contributed by atoms with Crippen molar-refractivity contribution >= 4 is 16.9 Å². The first-order chi connectivity index (χ1) is 10.8. The Morgan fingerprint density at radius 1 is 1.36 bits per heavy atom. The van der Waals surface area contributed by atoms with E-state index in [1.807, 2.05) is 12.3 Å². The summed E-state index contributed by atoms with van der Waals surface area (Å²) in [6.45, 7) is 0.976. The van der Waals surface area contributed by atoms with E-state index in [9.17, 15) is 4.79 Å². The summed E-state index contributed by atoms with van der Waals surface area (Å²) in [4.78, 5) is 22.3. The van der Waals surface area contributed by atoms with Crippen molar-refractivity contribution in [1.82, 2.24) is 14.9 Å². The number of pyridine rings is 1. The van der Waals surface area contributed by atoms with Crippen molar-refractivity contribution < 1.29 is 4.79 Å². The molecule has 2 aromatic heterocycles. The molecule has 4 rings (SSSR count). The number of amides is 1. The van der Waals surface area contributed by atoms with Gasteiger partial charge in [-0.3, -0.25) is 4.79 Å². The monoisotopic (exact) mass is 297 g/mol. The fourth-order valence-corrected chi connectivity index (χ4v) is 4.25. The molecule has 3 heterocycles. The van der Waals surface area contributed by atoms with E-state index in [4.69, 9.17) is 0 Å². The zero-order valence-electron chi connectivity index (χ0n) is 12.9. The van der Waals surface area contributed by atoms with Crippen LogP contribution in [-0.2, 0) is 11.2 Å². The van der Waals surface area contributed by atoms with E-state index in [1.165, 1.54) is 37.7 Å². The molecule has 1 N–H and O–H groups in total. The molecule has 22 heavy (non-hydrogen) atoms. The zero-order valence-corrected chi connectivity index (χ0v) is 12.9. The summed E-state index contributed by atoms with van der Waals surface area (Å²) in [5, 5.41) is 1.15. The van der Waals surface area contributed by atoms with Crippen LogP contribution in [0.5, 0.6) is 0 Å². The summed E-state index contributed by atoms with van der Waals surface area (Å²) >= 11 is 0. The first-order valence-electron chi connectivity index (χ1n) is 8.52. The molecule has 0 radical (unpaired) electrons. The van der Waals surface area contributed by atoms with E-state index >= 15 is 0 Å². The molecule has 1 aliphatic heterocycles. The summed E-state index contributed by atoms with van der Waals surface area (Å²) in [5.41, 5.74) is 2.12. The van der Waals surface area contributed by atoms with Crippen LogP contribution in [0.4, 0.5) is 0 Å². The Balaban J connectivity index is 1.42. The summed E-state index contributed by atoms with van der Waals surface area (Å²) < 4.78 is 0. The van der Waals surface area contributed by atoms with Crippen LogP contribution in [0.3, 0.4) is 0 Å². The molecule has 2 atom stereocenters. The quantitative estimate of drug-likeness (QED) is 0.945. The van der Waals surface area contributed by atoms with E-state index in [-0.39, 0.29) is 0 Å². The van der Waals surface area contributed by atoms with E-state index in [0.29, 0.717) is 18.4 Å². The number of carbonyl (C=O) groups excluding carboxylic acids is 1. The molecule has 4 heteroatoms. The van der Waals surface area contributed by atoms with Crippen molar-refractivity contribution in [3.63, 3.8) is 0 Å². The molecule has 0 aromatic carbocycles. The molecule has 2 unspecified atom stereocenters. The van der Waals surface area contributed by atoms with Gasteiger partial charge in [0.05, 0.1) is 0 Å². The highest BCUT2D eigenvalue weighted by atomic mass is 16.2. The van der Waals surface area contributed by atoms with Crippen LogP contribution in [0, 0.1) is 5.92 Å². The van der Waals surface area contributed by atoms with E-state index in [2.05, 4.69) is 20.9 Å². The maximum absolute atomic E-state index is 12.6. The number of likely N-dealkylation sites (tertiary alicyclic amines) is 1. The van der Waals surface area contributed by atoms with Gasteiger partial charge in [-0.15, -0.1) is 0 Å². The normalized spacial score (nSPS) is 24.6. The number of carbonyl (C=O) groups is 1. The van der Waals surface area contributed by atoms with Crippen molar-refractivity contribution in [2.24, 2.45) is 5.92 Å². The zero-order chi connectivity index (χ0) is 14.9. The minimum absolute atomic E-state index is 0.337. The van der Waals surface area contributed by atoms with Crippen molar-refractivity contribution in [3.05, 3.63) is 30.1 Å². The Morgan fingerprint density at radius 3 is 3.27 bits per heavy atom. The molecule has 1 amide bonds. The van der Waals surface area contributed by atoms with E-state index in [1.54, 1.807) is 6.20 Å². The number of nitrogens with one attached hydrogen (secondary N) is 1. The molecule has 1 saturated carbocycles. The maximum Gasteiger partial charge on any atom is 0.223 e. The van der Waals surface area contributed by atoms with Crippen LogP contribution < -0.4 is 0 Å². The SMILES string of the molecule is O=C(CCc1c[nH]c2ncccc12)N1CCC2CCCC1C2. The maximum atomic E-state index is 12.6. The number of hydrogen-bond acceptors (Lipinski definition) is 2. The van der Waals surface area contributed by atoms with Gasteiger partial charge in [0.15, 0.2) is 0 Å². The third-order valence-corrected chi connectivity index (χ3v) is 5.44. The highest BCUT2D eigenvalue weighted by Gasteiger charge is 2.33. The van der Waals surface area contributed by atoms with Crippen molar-refractivity contribution in [2.45, 2.75) is 51.0 Å². The average molecular weight is 297 g/mol. The Morgan fingerprint density at radius 2 is 2.32 bits per heavy atom. The van der Waals surface area contributed by atoms with Gasteiger partial charge >= 0.3 is 0 Å². The van der Waals surface area contributed by atoms with Crippen molar-refractivity contribution in [3.8, 4) is 0 Å². The van der Waals surface area contributed by atoms with Gasteiger partial charge in [-0.05, 0) is 49.3 Å². The Kier molecular flexibility index (Phi) is 3.60. The third kappa shape index (κ3) is 2.51. The number of aryl methyl sites for hydroxylation is 1. The molecule has 0 spiro atoms. The van der Waals surface area contributed by atoms with Crippen LogP contribution >= 0.6 is 0 Å². The lowest BCUT2D eigenvalue weighted by Gasteiger charge is -2.43. The summed E-state index contributed by atoms with van der Waals surface area (Å²) in [6, 6.07) is 4.55. The van der Waals surface area contributed by atoms with Gasteiger partial charge in [0.25, 0.3) is 0 Å². The van der Waals surface area contributed by atoms with Crippen LogP contribution in [0.15, 0.2) is 24.5 Å². The molecule has 2 aliphatic rings. The third-order valence-electron chi connectivity index (χ3n) is 5.44. The molecule has 4 nitrogen and oxygen atoms in total. The van der Waals surface area contributed by atoms with Gasteiger partial charge in [-0.1, -0.05) is 12.8 Å². The number of hydrogen-bond donors (Lipinski definition) is 1. The van der Waals surface area contributed by atoms with Gasteiger partial charge in [-0.2, -0.15) is 0 Å². The van der Waals surface area contributed by atoms with Crippen molar-refractivity contribution in [1.29, 1.82) is 0 Å². The molecule has 1 aliphatic carbocycles. The molecule has 2 bridgehead atoms. The minimum atomic E-state index is 0.337. The number of H-pyrrole nitrogens is 1. The fraction of sp³-hybridized carbons (Fsp3) is 0.556. The largest absolute Gasteiger partial charge is 0.346 e. The number of nitrogens with zero attached hydrogens (tertiary/aromatic N) is 2. The highest BCUT2D eigenvalue weighted by Crippen LogP contribution is 2.35. The molecule has 1 saturated heterocycles. The average Bonchev–Trinajstić information content (AvgIpc) is 2.96. The van der Waals surface area contributed by atoms with Crippen molar-refractivity contribution in [2.75, 3.05) is 6.54 Å². The van der Waals surface area contributed by atoms with Crippen LogP contribution in [0.2, 0.25) is 0 Å². The molecule has 116 valence electrons. The Bertz CT molecular complexity index is 678. The lowest BCUT2D eigenvalue weighted by atomic mass is 9.79. The first-order valence-corrected chi connectivity index (χ1v) is 8.52. The fourth-order valence-electron chi connectivity index (χ4n) is 4.25. The summed E-state index contributed by atoms with van der Waals surface area (Å²) in [5.74, 6) is 1.21. The van der Waals surface area contributed by atoms with Crippen LogP contribution in [-0.4, -0.2) is 33.4 Å². The number of fused-ring (bicyclic) bond motifs is 3. The second kappa shape index (κ2) is 5.75. The van der Waals surface area contributed by atoms with E-state index in [0.717, 1.165) is 29.9 Å². The number of piperidine rings is 1. The minimum Gasteiger partial charge on any atom is -0.346 e. The summed E-state index contributed by atoms with van der Waals surface area (Å²) in [6.07, 6.45) is 11.5. The Labute approximate surface area is 130 Å². The molecule has 2 fully saturated rings. The van der Waals surface area contributed by atoms with Gasteiger partial charge in [0, 0.05) is 36.8 Å². The predicted molar refractivity (Wildman–Crippen MR) is 86.5 cm³/mol. The van der Waals surface area contributed by atoms with Crippen LogP contribution in [0.1, 0.15) is 44.1 Å². The Hall–Kier alpha value is -1.84. The molecular formula is C18H23N3O. The van der Waals surface area contributed by atoms with E-state index < -0.39 is 0 Å². The molecule has 2 aromatic rings. The lowest BCUT2D eigenvalue weighted by Crippen LogP contribution is -2.48. The predicted octanol–water partition coefficient (Wildman–Crippen LogP) is 3.29. The number of aromatic nitrogens is 2. The summed E-state index contributed by atoms with van der Waals surface area (Å²) in [7, 11) is 0. The topological polar surface area (TPSA) is 49.0 Å². The standard InChI is InChI=1S/C18H23N3O/c22-17(21-10-8-13-3-1-4-15(21)11-13)7-6-14-12-20-18-16(14)5-2-9-19-18/h2,5,9,12-13,15H,1,3-4,6-8,10-11H2,(H,19,20). The first kappa shape index (κ1) is 13.8. The van der Waals surface area contributed by atoms with Gasteiger partial charge in [0.1, 0.15) is 5.65 Å². The molecular weight excluding hydrogens is 274 g/mol. The number of aromatic amines is 1. The lowest BCUT2D eigenvalue weighted by molar-refractivity contribution is -0.136. The second-order valence-corrected chi connectivity index (χ2v) is 6.78. The van der Waals surface area contributed by atoms with Gasteiger partial charge < -0.3 is 9.88 Å². The highest BCUT2D eigenvalue weighted by molar-refractivity contribution is 5.81. The van der Waals surface area contributed by atoms with Gasteiger partial charge in [-0.25, -0.2) is 4.98 Å². The second-order valence-electron chi connectivity index (χ2n) is 6.78. The van der Waals surface area contributed by atoms with Gasteiger partial charge in [0.2, 0.25) is 5.91 Å².